The van der Waals surface area contributed by atoms with Crippen molar-refractivity contribution in [2.24, 2.45) is 5.92 Å². The minimum absolute atomic E-state index is 0.0409. The molecular weight excluding hydrogens is 356 g/mol. The van der Waals surface area contributed by atoms with E-state index in [0.29, 0.717) is 28.0 Å². The van der Waals surface area contributed by atoms with Crippen LogP contribution in [0, 0.1) is 11.7 Å². The fourth-order valence-electron chi connectivity index (χ4n) is 3.11. The molecule has 2 aliphatic rings. The van der Waals surface area contributed by atoms with Gasteiger partial charge < -0.3 is 10.1 Å². The Morgan fingerprint density at radius 2 is 2.12 bits per heavy atom. The molecule has 2 aromatic rings. The molecule has 1 fully saturated rings. The lowest BCUT2D eigenvalue weighted by Crippen LogP contribution is -2.32. The van der Waals surface area contributed by atoms with Crippen molar-refractivity contribution in [1.82, 2.24) is 10.3 Å². The van der Waals surface area contributed by atoms with E-state index >= 15 is 0 Å². The van der Waals surface area contributed by atoms with Gasteiger partial charge in [0, 0.05) is 34.7 Å². The van der Waals surface area contributed by atoms with Crippen molar-refractivity contribution in [3.63, 3.8) is 0 Å². The van der Waals surface area contributed by atoms with Crippen molar-refractivity contribution in [3.05, 3.63) is 51.9 Å². The van der Waals surface area contributed by atoms with Gasteiger partial charge in [-0.1, -0.05) is 23.2 Å². The first-order valence-corrected chi connectivity index (χ1v) is 8.10. The molecule has 124 valence electrons. The van der Waals surface area contributed by atoms with Crippen LogP contribution in [0.25, 0.3) is 0 Å². The van der Waals surface area contributed by atoms with Crippen molar-refractivity contribution in [3.8, 4) is 5.75 Å². The van der Waals surface area contributed by atoms with Gasteiger partial charge >= 0.3 is 6.03 Å². The zero-order valence-corrected chi connectivity index (χ0v) is 13.7. The number of fused-ring (bicyclic) bond motifs is 3. The van der Waals surface area contributed by atoms with E-state index in [1.807, 2.05) is 0 Å². The Hall–Kier alpha value is -2.05. The molecule has 24 heavy (non-hydrogen) atoms. The quantitative estimate of drug-likeness (QED) is 0.847. The van der Waals surface area contributed by atoms with Crippen LogP contribution in [-0.2, 0) is 0 Å². The van der Waals surface area contributed by atoms with Crippen LogP contribution in [0.5, 0.6) is 5.75 Å². The van der Waals surface area contributed by atoms with Gasteiger partial charge in [0.1, 0.15) is 5.82 Å². The van der Waals surface area contributed by atoms with Crippen molar-refractivity contribution in [2.45, 2.75) is 12.0 Å². The van der Waals surface area contributed by atoms with Gasteiger partial charge in [-0.15, -0.1) is 0 Å². The second kappa shape index (κ2) is 5.79. The van der Waals surface area contributed by atoms with Gasteiger partial charge in [0.05, 0.1) is 11.6 Å². The van der Waals surface area contributed by atoms with Crippen molar-refractivity contribution >= 4 is 35.1 Å². The molecule has 0 spiro atoms. The summed E-state index contributed by atoms with van der Waals surface area (Å²) in [5.41, 5.74) is 0.628. The molecular formula is C16H12Cl2FN3O2. The summed E-state index contributed by atoms with van der Waals surface area (Å²) in [4.78, 5) is 16.1. The highest BCUT2D eigenvalue weighted by atomic mass is 35.5. The summed E-state index contributed by atoms with van der Waals surface area (Å²) < 4.78 is 19.3. The van der Waals surface area contributed by atoms with Crippen LogP contribution >= 0.6 is 23.2 Å². The minimum Gasteiger partial charge on any atom is -0.490 e. The predicted octanol–water partition coefficient (Wildman–Crippen LogP) is 3.82. The largest absolute Gasteiger partial charge is 0.490 e. The van der Waals surface area contributed by atoms with Crippen LogP contribution in [0.2, 0.25) is 10.0 Å². The lowest BCUT2D eigenvalue weighted by atomic mass is 10.1. The molecule has 0 bridgehead atoms. The zero-order chi connectivity index (χ0) is 16.8. The summed E-state index contributed by atoms with van der Waals surface area (Å²) in [6.45, 7) is 0.346. The first kappa shape index (κ1) is 15.5. The van der Waals surface area contributed by atoms with Crippen LogP contribution in [0.15, 0.2) is 30.5 Å². The van der Waals surface area contributed by atoms with Gasteiger partial charge in [-0.3, -0.25) is 5.32 Å². The first-order valence-electron chi connectivity index (χ1n) is 7.34. The fraction of sp³-hybridized carbons (Fsp3) is 0.250. The number of aromatic nitrogens is 1. The number of carbonyl (C=O) groups is 1. The number of benzene rings is 1. The molecule has 2 amide bonds. The van der Waals surface area contributed by atoms with E-state index in [1.165, 1.54) is 18.3 Å². The third kappa shape index (κ3) is 2.65. The standard InChI is InChI=1S/C16H12Cl2FN3O2/c17-7-1-4-11(20-5-7)21-16(23)22-14-8-6-24-15-10(19)3-2-9(18)13(15)12(8)14/h1-5,8,12,14H,6H2,(H2,20,21,22,23)/t8-,12-,14?/m0/s1. The van der Waals surface area contributed by atoms with Crippen LogP contribution in [-0.4, -0.2) is 23.7 Å². The maximum atomic E-state index is 13.9. The maximum Gasteiger partial charge on any atom is 0.320 e. The normalized spacial score (nSPS) is 23.5. The predicted molar refractivity (Wildman–Crippen MR) is 88.3 cm³/mol. The lowest BCUT2D eigenvalue weighted by Gasteiger charge is -2.17. The van der Waals surface area contributed by atoms with Crippen molar-refractivity contribution < 1.29 is 13.9 Å². The number of pyridine rings is 1. The highest BCUT2D eigenvalue weighted by Crippen LogP contribution is 2.56. The number of nitrogens with one attached hydrogen (secondary N) is 2. The average molecular weight is 368 g/mol. The second-order valence-corrected chi connectivity index (χ2v) is 6.60. The van der Waals surface area contributed by atoms with Gasteiger partial charge in [-0.05, 0) is 24.3 Å². The first-order chi connectivity index (χ1) is 11.5. The Balaban J connectivity index is 1.47. The van der Waals surface area contributed by atoms with Gasteiger partial charge in [0.2, 0.25) is 0 Å². The molecule has 1 unspecified atom stereocenters. The Labute approximate surface area is 147 Å². The number of hydrogen-bond donors (Lipinski definition) is 2. The Bertz CT molecular complexity index is 816. The van der Waals surface area contributed by atoms with Crippen LogP contribution in [0.1, 0.15) is 11.5 Å². The lowest BCUT2D eigenvalue weighted by molar-refractivity contribution is 0.248. The maximum absolute atomic E-state index is 13.9. The minimum atomic E-state index is -0.437. The molecule has 1 aromatic heterocycles. The SMILES string of the molecule is O=C(Nc1ccc(Cl)cn1)NC1[C@H]2COc3c(F)ccc(Cl)c3[C@@H]12. The molecule has 1 aromatic carbocycles. The van der Waals surface area contributed by atoms with Gasteiger partial charge in [0.15, 0.2) is 11.6 Å². The van der Waals surface area contributed by atoms with E-state index in [0.717, 1.165) is 0 Å². The van der Waals surface area contributed by atoms with Crippen molar-refractivity contribution in [2.75, 3.05) is 11.9 Å². The van der Waals surface area contributed by atoms with Gasteiger partial charge in [-0.25, -0.2) is 14.2 Å². The monoisotopic (exact) mass is 367 g/mol. The van der Waals surface area contributed by atoms with Crippen LogP contribution in [0.3, 0.4) is 0 Å². The number of hydrogen-bond acceptors (Lipinski definition) is 3. The van der Waals surface area contributed by atoms with Crippen LogP contribution < -0.4 is 15.4 Å². The number of rotatable bonds is 2. The third-order valence-corrected chi connectivity index (χ3v) is 4.84. The highest BCUT2D eigenvalue weighted by Gasteiger charge is 2.57. The fourth-order valence-corrected chi connectivity index (χ4v) is 3.50. The molecule has 0 radical (unpaired) electrons. The Morgan fingerprint density at radius 1 is 1.29 bits per heavy atom. The molecule has 8 heteroatoms. The van der Waals surface area contributed by atoms with E-state index in [4.69, 9.17) is 27.9 Å². The topological polar surface area (TPSA) is 63.2 Å². The molecule has 1 aliphatic heterocycles. The molecule has 1 saturated carbocycles. The number of amides is 2. The number of halogens is 3. The number of nitrogens with zero attached hydrogens (tertiary/aromatic N) is 1. The Kier molecular flexibility index (Phi) is 3.73. The van der Waals surface area contributed by atoms with E-state index < -0.39 is 11.8 Å². The van der Waals surface area contributed by atoms with E-state index in [2.05, 4.69) is 15.6 Å². The molecule has 3 atom stereocenters. The molecule has 4 rings (SSSR count). The molecule has 1 aliphatic carbocycles. The molecule has 2 heterocycles. The van der Waals surface area contributed by atoms with E-state index in [1.54, 1.807) is 12.1 Å². The van der Waals surface area contributed by atoms with Gasteiger partial charge in [-0.2, -0.15) is 0 Å². The smallest absolute Gasteiger partial charge is 0.320 e. The van der Waals surface area contributed by atoms with E-state index in [-0.39, 0.29) is 23.6 Å². The molecule has 0 saturated heterocycles. The van der Waals surface area contributed by atoms with Crippen molar-refractivity contribution in [1.29, 1.82) is 0 Å². The van der Waals surface area contributed by atoms with Gasteiger partial charge in [0.25, 0.3) is 0 Å². The summed E-state index contributed by atoms with van der Waals surface area (Å²) in [6.07, 6.45) is 1.45. The second-order valence-electron chi connectivity index (χ2n) is 5.76. The number of ether oxygens (including phenoxy) is 1. The number of anilines is 1. The van der Waals surface area contributed by atoms with Crippen LogP contribution in [0.4, 0.5) is 15.0 Å². The summed E-state index contributed by atoms with van der Waals surface area (Å²) in [7, 11) is 0. The summed E-state index contributed by atoms with van der Waals surface area (Å²) in [5, 5.41) is 6.43. The summed E-state index contributed by atoms with van der Waals surface area (Å²) in [6, 6.07) is 5.48. The third-order valence-electron chi connectivity index (χ3n) is 4.28. The molecule has 2 N–H and O–H groups in total. The zero-order valence-electron chi connectivity index (χ0n) is 12.2. The van der Waals surface area contributed by atoms with E-state index in [9.17, 15) is 9.18 Å². The number of carbonyl (C=O) groups excluding carboxylic acids is 1. The summed E-state index contributed by atoms with van der Waals surface area (Å²) >= 11 is 11.9. The summed E-state index contributed by atoms with van der Waals surface area (Å²) in [5.74, 6) is 0.184. The average Bonchev–Trinajstić information content (AvgIpc) is 3.26. The molecule has 5 nitrogen and oxygen atoms in total. The number of urea groups is 1. The Morgan fingerprint density at radius 3 is 2.88 bits per heavy atom. The highest BCUT2D eigenvalue weighted by molar-refractivity contribution is 6.31.